The fourth-order valence-electron chi connectivity index (χ4n) is 5.84. The third-order valence-electron chi connectivity index (χ3n) is 8.19. The molecule has 2 aliphatic carbocycles. The molecule has 2 aliphatic heterocycles. The summed E-state index contributed by atoms with van der Waals surface area (Å²) in [4.78, 5) is 35.3. The van der Waals surface area contributed by atoms with E-state index in [4.69, 9.17) is 14.1 Å². The summed E-state index contributed by atoms with van der Waals surface area (Å²) in [5, 5.41) is 9.43. The molecule has 1 aromatic heterocycles. The third-order valence-corrected chi connectivity index (χ3v) is 8.19. The number of benzene rings is 1. The number of amides is 2. The lowest BCUT2D eigenvalue weighted by Crippen LogP contribution is -2.48. The lowest BCUT2D eigenvalue weighted by atomic mass is 10.0. The number of hydrogen-bond donors (Lipinski definition) is 3. The van der Waals surface area contributed by atoms with Crippen LogP contribution in [0.5, 0.6) is 5.75 Å². The molecule has 1 atom stereocenters. The molecule has 200 valence electrons. The van der Waals surface area contributed by atoms with Crippen LogP contribution in [0.15, 0.2) is 57.9 Å². The molecular weight excluding hydrogens is 484 g/mol. The molecule has 1 spiro atoms. The van der Waals surface area contributed by atoms with Crippen molar-refractivity contribution in [2.45, 2.75) is 57.3 Å². The summed E-state index contributed by atoms with van der Waals surface area (Å²) in [7, 11) is 3.44. The number of methoxy groups -OCH3 is 1. The van der Waals surface area contributed by atoms with Gasteiger partial charge in [-0.3, -0.25) is 14.5 Å². The van der Waals surface area contributed by atoms with Crippen molar-refractivity contribution in [2.75, 3.05) is 26.0 Å². The monoisotopic (exact) mass is 518 g/mol. The highest BCUT2D eigenvalue weighted by Gasteiger charge is 2.57. The molecule has 1 unspecified atom stereocenters. The number of furan rings is 1. The van der Waals surface area contributed by atoms with Crippen LogP contribution < -0.4 is 20.7 Å². The molecule has 2 saturated carbocycles. The standard InChI is InChI=1S/C28H34N6O4/c1-33-22-16-30-27(32-24(22)34(19-6-3-4-7-19)17-28(11-12-28)26(33)36)31-21-10-9-18(14-23(21)37-2)25(35)29-15-20-8-5-13-38-20/h5,8-10,13-14,16,19,24H,3-4,6-7,11-12,15,17H2,1-2H3,(H,29,35)(H2,30,31,32). The van der Waals surface area contributed by atoms with Gasteiger partial charge in [-0.05, 0) is 56.0 Å². The van der Waals surface area contributed by atoms with E-state index >= 15 is 0 Å². The van der Waals surface area contributed by atoms with Gasteiger partial charge in [0, 0.05) is 31.4 Å². The predicted octanol–water partition coefficient (Wildman–Crippen LogP) is 3.25. The zero-order valence-electron chi connectivity index (χ0n) is 21.8. The largest absolute Gasteiger partial charge is 0.495 e. The molecule has 0 bridgehead atoms. The summed E-state index contributed by atoms with van der Waals surface area (Å²) < 4.78 is 10.9. The number of fused-ring (bicyclic) bond motifs is 1. The number of hydrogen-bond acceptors (Lipinski definition) is 8. The van der Waals surface area contributed by atoms with E-state index in [0.29, 0.717) is 41.3 Å². The van der Waals surface area contributed by atoms with E-state index in [9.17, 15) is 9.59 Å². The fourth-order valence-corrected chi connectivity index (χ4v) is 5.84. The van der Waals surface area contributed by atoms with Gasteiger partial charge in [-0.15, -0.1) is 0 Å². The fraction of sp³-hybridized carbons (Fsp3) is 0.464. The maximum atomic E-state index is 13.3. The van der Waals surface area contributed by atoms with Gasteiger partial charge >= 0.3 is 0 Å². The van der Waals surface area contributed by atoms with Crippen LogP contribution in [0.3, 0.4) is 0 Å². The average Bonchev–Trinajstić information content (AvgIpc) is 3.31. The molecule has 0 radical (unpaired) electrons. The summed E-state index contributed by atoms with van der Waals surface area (Å²) in [6.45, 7) is 1.06. The molecular formula is C28H34N6O4. The normalized spacial score (nSPS) is 22.7. The second-order valence-corrected chi connectivity index (χ2v) is 10.6. The number of carbonyl (C=O) groups is 2. The Balaban J connectivity index is 1.22. The van der Waals surface area contributed by atoms with E-state index < -0.39 is 0 Å². The van der Waals surface area contributed by atoms with Crippen molar-refractivity contribution in [2.24, 2.45) is 10.4 Å². The van der Waals surface area contributed by atoms with Gasteiger partial charge in [-0.25, -0.2) is 4.99 Å². The Hall–Kier alpha value is -3.79. The molecule has 10 heteroatoms. The Kier molecular flexibility index (Phi) is 6.35. The van der Waals surface area contributed by atoms with Crippen LogP contribution in [-0.4, -0.2) is 60.5 Å². The number of guanidine groups is 1. The molecule has 2 aromatic rings. The molecule has 4 aliphatic rings. The Morgan fingerprint density at radius 3 is 2.79 bits per heavy atom. The summed E-state index contributed by atoms with van der Waals surface area (Å²) in [6.07, 6.45) is 9.83. The van der Waals surface area contributed by atoms with Gasteiger partial charge in [-0.1, -0.05) is 12.8 Å². The molecule has 38 heavy (non-hydrogen) atoms. The Labute approximate surface area is 222 Å². The first-order valence-corrected chi connectivity index (χ1v) is 13.3. The predicted molar refractivity (Wildman–Crippen MR) is 142 cm³/mol. The maximum absolute atomic E-state index is 13.3. The van der Waals surface area contributed by atoms with Crippen LogP contribution in [0, 0.1) is 5.41 Å². The van der Waals surface area contributed by atoms with Gasteiger partial charge in [0.25, 0.3) is 5.91 Å². The first kappa shape index (κ1) is 24.5. The van der Waals surface area contributed by atoms with E-state index in [2.05, 4.69) is 20.9 Å². The number of aliphatic imine (C=N–C) groups is 1. The molecule has 10 nitrogen and oxygen atoms in total. The molecule has 6 rings (SSSR count). The number of likely N-dealkylation sites (N-methyl/N-ethyl adjacent to an activating group) is 1. The number of anilines is 1. The maximum Gasteiger partial charge on any atom is 0.251 e. The van der Waals surface area contributed by atoms with Gasteiger partial charge in [0.05, 0.1) is 36.7 Å². The zero-order valence-corrected chi connectivity index (χ0v) is 21.8. The summed E-state index contributed by atoms with van der Waals surface area (Å²) in [5.41, 5.74) is 1.77. The number of nitrogens with zero attached hydrogens (tertiary/aromatic N) is 3. The van der Waals surface area contributed by atoms with Crippen molar-refractivity contribution < 1.29 is 18.7 Å². The topological polar surface area (TPSA) is 111 Å². The minimum Gasteiger partial charge on any atom is -0.495 e. The second-order valence-electron chi connectivity index (χ2n) is 10.6. The van der Waals surface area contributed by atoms with Crippen LogP contribution in [0.2, 0.25) is 0 Å². The Bertz CT molecular complexity index is 1280. The average molecular weight is 519 g/mol. The lowest BCUT2D eigenvalue weighted by Gasteiger charge is -2.37. The zero-order chi connectivity index (χ0) is 26.3. The van der Waals surface area contributed by atoms with E-state index in [1.165, 1.54) is 12.8 Å². The molecule has 3 N–H and O–H groups in total. The van der Waals surface area contributed by atoms with Gasteiger partial charge in [0.2, 0.25) is 11.9 Å². The minimum absolute atomic E-state index is 0.199. The van der Waals surface area contributed by atoms with Crippen molar-refractivity contribution in [3.05, 3.63) is 59.8 Å². The van der Waals surface area contributed by atoms with Crippen LogP contribution in [0.4, 0.5) is 5.69 Å². The summed E-state index contributed by atoms with van der Waals surface area (Å²) >= 11 is 0. The van der Waals surface area contributed by atoms with Crippen LogP contribution in [0.25, 0.3) is 0 Å². The van der Waals surface area contributed by atoms with Gasteiger partial charge in [0.15, 0.2) is 0 Å². The number of carbonyl (C=O) groups excluding carboxylic acids is 2. The van der Waals surface area contributed by atoms with E-state index in [1.54, 1.807) is 42.5 Å². The van der Waals surface area contributed by atoms with E-state index in [1.807, 2.05) is 19.3 Å². The minimum atomic E-state index is -0.269. The highest BCUT2D eigenvalue weighted by molar-refractivity contribution is 5.99. The van der Waals surface area contributed by atoms with Crippen molar-refractivity contribution in [1.29, 1.82) is 0 Å². The Morgan fingerprint density at radius 2 is 2.08 bits per heavy atom. The first-order chi connectivity index (χ1) is 18.5. The summed E-state index contributed by atoms with van der Waals surface area (Å²) in [6, 6.07) is 9.27. The number of ether oxygens (including phenoxy) is 1. The van der Waals surface area contributed by atoms with Crippen molar-refractivity contribution in [3.8, 4) is 5.75 Å². The highest BCUT2D eigenvalue weighted by Crippen LogP contribution is 2.51. The molecule has 2 amide bonds. The van der Waals surface area contributed by atoms with Crippen molar-refractivity contribution >= 4 is 23.5 Å². The second kappa shape index (κ2) is 9.83. The van der Waals surface area contributed by atoms with Gasteiger partial charge in [0.1, 0.15) is 17.7 Å². The van der Waals surface area contributed by atoms with Crippen molar-refractivity contribution in [1.82, 2.24) is 20.4 Å². The molecule has 3 heterocycles. The summed E-state index contributed by atoms with van der Waals surface area (Å²) in [5.74, 6) is 1.75. The van der Waals surface area contributed by atoms with Gasteiger partial charge in [-0.2, -0.15) is 0 Å². The number of nitrogens with one attached hydrogen (secondary N) is 3. The smallest absolute Gasteiger partial charge is 0.251 e. The molecule has 3 fully saturated rings. The van der Waals surface area contributed by atoms with Crippen LogP contribution in [0.1, 0.15) is 54.6 Å². The highest BCUT2D eigenvalue weighted by atomic mass is 16.5. The third kappa shape index (κ3) is 4.53. The molecule has 1 saturated heterocycles. The quantitative estimate of drug-likeness (QED) is 0.538. The van der Waals surface area contributed by atoms with Gasteiger partial charge < -0.3 is 30.0 Å². The first-order valence-electron chi connectivity index (χ1n) is 13.3. The van der Waals surface area contributed by atoms with Crippen LogP contribution >= 0.6 is 0 Å². The van der Waals surface area contributed by atoms with Crippen LogP contribution in [-0.2, 0) is 11.3 Å². The Morgan fingerprint density at radius 1 is 1.26 bits per heavy atom. The van der Waals surface area contributed by atoms with Crippen molar-refractivity contribution in [3.63, 3.8) is 0 Å². The lowest BCUT2D eigenvalue weighted by molar-refractivity contribution is -0.133. The number of rotatable bonds is 6. The van der Waals surface area contributed by atoms with E-state index in [0.717, 1.165) is 37.9 Å². The molecule has 1 aromatic carbocycles. The SMILES string of the molecule is COc1cc(C(=O)NCc2ccco2)ccc1NC1=NC2C(=CN1)N(C)C(=O)C1(CC1)CN2C1CCCC1. The van der Waals surface area contributed by atoms with E-state index in [-0.39, 0.29) is 23.4 Å².